The molecule has 136 valence electrons. The van der Waals surface area contributed by atoms with Gasteiger partial charge in [0.15, 0.2) is 0 Å². The molecule has 0 spiro atoms. The lowest BCUT2D eigenvalue weighted by molar-refractivity contribution is -0.133. The second kappa shape index (κ2) is 9.22. The molecule has 6 nitrogen and oxygen atoms in total. The summed E-state index contributed by atoms with van der Waals surface area (Å²) in [5.41, 5.74) is 0.948. The molecule has 1 heterocycles. The minimum absolute atomic E-state index is 0.00365. The van der Waals surface area contributed by atoms with Crippen LogP contribution in [0.5, 0.6) is 5.75 Å². The van der Waals surface area contributed by atoms with Crippen LogP contribution in [0.15, 0.2) is 36.9 Å². The van der Waals surface area contributed by atoms with Crippen molar-refractivity contribution in [1.82, 2.24) is 15.1 Å². The van der Waals surface area contributed by atoms with Crippen LogP contribution in [0.25, 0.3) is 0 Å². The number of hydrogen-bond acceptors (Lipinski definition) is 4. The van der Waals surface area contributed by atoms with Gasteiger partial charge in [-0.3, -0.25) is 14.5 Å². The summed E-state index contributed by atoms with van der Waals surface area (Å²) >= 11 is 0. The molecule has 1 aliphatic rings. The molecule has 1 fully saturated rings. The molecule has 0 bridgehead atoms. The number of piperazine rings is 1. The minimum atomic E-state index is -0.199. The Balaban J connectivity index is 1.83. The predicted molar refractivity (Wildman–Crippen MR) is 97.5 cm³/mol. The Kier molecular flexibility index (Phi) is 7.01. The van der Waals surface area contributed by atoms with Gasteiger partial charge in [0.2, 0.25) is 11.8 Å². The molecule has 1 N–H and O–H groups in total. The summed E-state index contributed by atoms with van der Waals surface area (Å²) in [5, 5.41) is 2.82. The number of benzene rings is 1. The van der Waals surface area contributed by atoms with Gasteiger partial charge < -0.3 is 15.0 Å². The first-order valence-corrected chi connectivity index (χ1v) is 8.58. The fraction of sp³-hybridized carbons (Fsp3) is 0.474. The van der Waals surface area contributed by atoms with Gasteiger partial charge in [-0.15, -0.1) is 6.58 Å². The van der Waals surface area contributed by atoms with Crippen molar-refractivity contribution in [2.45, 2.75) is 19.4 Å². The molecule has 6 heteroatoms. The normalized spacial score (nSPS) is 16.2. The number of amides is 2. The Morgan fingerprint density at radius 1 is 1.32 bits per heavy atom. The summed E-state index contributed by atoms with van der Waals surface area (Å²) in [6, 6.07) is 7.38. The van der Waals surface area contributed by atoms with Crippen LogP contribution in [-0.4, -0.2) is 67.5 Å². The van der Waals surface area contributed by atoms with Gasteiger partial charge in [-0.1, -0.05) is 18.2 Å². The van der Waals surface area contributed by atoms with E-state index in [1.165, 1.54) is 0 Å². The summed E-state index contributed by atoms with van der Waals surface area (Å²) in [4.78, 5) is 28.5. The molecule has 0 saturated carbocycles. The van der Waals surface area contributed by atoms with Crippen molar-refractivity contribution < 1.29 is 14.3 Å². The summed E-state index contributed by atoms with van der Waals surface area (Å²) in [6.07, 6.45) is 2.03. The molecular formula is C19H27N3O3. The van der Waals surface area contributed by atoms with E-state index >= 15 is 0 Å². The van der Waals surface area contributed by atoms with E-state index in [-0.39, 0.29) is 17.9 Å². The molecule has 1 atom stereocenters. The number of carbonyl (C=O) groups excluding carboxylic acids is 2. The van der Waals surface area contributed by atoms with Crippen molar-refractivity contribution in [3.8, 4) is 5.75 Å². The third kappa shape index (κ3) is 5.32. The maximum absolute atomic E-state index is 12.5. The highest BCUT2D eigenvalue weighted by molar-refractivity contribution is 5.81. The number of nitrogens with one attached hydrogen (secondary N) is 1. The summed E-state index contributed by atoms with van der Waals surface area (Å²) in [6.45, 7) is 8.65. The van der Waals surface area contributed by atoms with Crippen molar-refractivity contribution >= 4 is 11.8 Å². The van der Waals surface area contributed by atoms with E-state index in [9.17, 15) is 9.59 Å². The summed E-state index contributed by atoms with van der Waals surface area (Å²) in [5.74, 6) is 0.863. The Labute approximate surface area is 149 Å². The summed E-state index contributed by atoms with van der Waals surface area (Å²) < 4.78 is 5.20. The molecule has 2 rings (SSSR count). The zero-order valence-corrected chi connectivity index (χ0v) is 15.0. The van der Waals surface area contributed by atoms with Gasteiger partial charge in [0.05, 0.1) is 19.6 Å². The van der Waals surface area contributed by atoms with E-state index in [4.69, 9.17) is 4.74 Å². The van der Waals surface area contributed by atoms with Crippen LogP contribution in [0, 0.1) is 0 Å². The Bertz CT molecular complexity index is 610. The van der Waals surface area contributed by atoms with Gasteiger partial charge >= 0.3 is 0 Å². The molecular weight excluding hydrogens is 318 g/mol. The van der Waals surface area contributed by atoms with Gasteiger partial charge in [0.25, 0.3) is 0 Å². The van der Waals surface area contributed by atoms with Crippen LogP contribution in [-0.2, 0) is 16.0 Å². The third-order valence-electron chi connectivity index (χ3n) is 4.50. The number of nitrogens with zero attached hydrogens (tertiary/aromatic N) is 2. The van der Waals surface area contributed by atoms with Gasteiger partial charge in [0, 0.05) is 32.7 Å². The Morgan fingerprint density at radius 3 is 2.68 bits per heavy atom. The van der Waals surface area contributed by atoms with E-state index in [0.29, 0.717) is 39.1 Å². The van der Waals surface area contributed by atoms with E-state index < -0.39 is 0 Å². The second-order valence-corrected chi connectivity index (χ2v) is 6.15. The smallest absolute Gasteiger partial charge is 0.237 e. The molecule has 0 radical (unpaired) electrons. The Hall–Kier alpha value is -2.34. The van der Waals surface area contributed by atoms with Crippen LogP contribution in [0.3, 0.4) is 0 Å². The average molecular weight is 345 g/mol. The van der Waals surface area contributed by atoms with Crippen LogP contribution in [0.4, 0.5) is 0 Å². The zero-order valence-electron chi connectivity index (χ0n) is 15.0. The van der Waals surface area contributed by atoms with Crippen LogP contribution < -0.4 is 10.1 Å². The monoisotopic (exact) mass is 345 g/mol. The highest BCUT2D eigenvalue weighted by atomic mass is 16.5. The number of rotatable bonds is 7. The molecule has 1 saturated heterocycles. The molecule has 1 aromatic carbocycles. The largest absolute Gasteiger partial charge is 0.497 e. The Morgan fingerprint density at radius 2 is 2.04 bits per heavy atom. The van der Waals surface area contributed by atoms with Gasteiger partial charge in [-0.2, -0.15) is 0 Å². The quantitative estimate of drug-likeness (QED) is 0.751. The second-order valence-electron chi connectivity index (χ2n) is 6.15. The highest BCUT2D eigenvalue weighted by Crippen LogP contribution is 2.15. The van der Waals surface area contributed by atoms with E-state index in [0.717, 1.165) is 11.3 Å². The third-order valence-corrected chi connectivity index (χ3v) is 4.50. The molecule has 0 aliphatic carbocycles. The highest BCUT2D eigenvalue weighted by Gasteiger charge is 2.27. The lowest BCUT2D eigenvalue weighted by Crippen LogP contribution is -2.55. The average Bonchev–Trinajstić information content (AvgIpc) is 2.65. The first kappa shape index (κ1) is 19.0. The van der Waals surface area contributed by atoms with Crippen molar-refractivity contribution in [3.63, 3.8) is 0 Å². The fourth-order valence-electron chi connectivity index (χ4n) is 2.91. The fourth-order valence-corrected chi connectivity index (χ4v) is 2.91. The summed E-state index contributed by atoms with van der Waals surface area (Å²) in [7, 11) is 1.62. The molecule has 25 heavy (non-hydrogen) atoms. The lowest BCUT2D eigenvalue weighted by Gasteiger charge is -2.37. The van der Waals surface area contributed by atoms with E-state index in [2.05, 4.69) is 16.8 Å². The maximum atomic E-state index is 12.5. The van der Waals surface area contributed by atoms with Gasteiger partial charge in [0.1, 0.15) is 5.75 Å². The zero-order chi connectivity index (χ0) is 18.2. The number of methoxy groups -OCH3 is 1. The van der Waals surface area contributed by atoms with Crippen molar-refractivity contribution in [2.24, 2.45) is 0 Å². The standard InChI is InChI=1S/C19H27N3O3/c1-4-8-20-19(24)15(2)21-9-11-22(12-10-21)18(23)14-16-6-5-7-17(13-16)25-3/h4-7,13,15H,1,8-12,14H2,2-3H3,(H,20,24)/t15-/m1/s1. The van der Waals surface area contributed by atoms with Crippen LogP contribution >= 0.6 is 0 Å². The van der Waals surface area contributed by atoms with Crippen LogP contribution in [0.1, 0.15) is 12.5 Å². The molecule has 2 amide bonds. The van der Waals surface area contributed by atoms with Crippen LogP contribution in [0.2, 0.25) is 0 Å². The number of ether oxygens (including phenoxy) is 1. The van der Waals surface area contributed by atoms with Gasteiger partial charge in [-0.05, 0) is 24.6 Å². The van der Waals surface area contributed by atoms with E-state index in [1.807, 2.05) is 36.1 Å². The predicted octanol–water partition coefficient (Wildman–Crippen LogP) is 1.07. The molecule has 0 aromatic heterocycles. The number of carbonyl (C=O) groups is 2. The number of hydrogen-bond donors (Lipinski definition) is 1. The minimum Gasteiger partial charge on any atom is -0.497 e. The lowest BCUT2D eigenvalue weighted by atomic mass is 10.1. The van der Waals surface area contributed by atoms with Gasteiger partial charge in [-0.25, -0.2) is 0 Å². The van der Waals surface area contributed by atoms with Crippen molar-refractivity contribution in [3.05, 3.63) is 42.5 Å². The molecule has 1 aliphatic heterocycles. The first-order chi connectivity index (χ1) is 12.0. The first-order valence-electron chi connectivity index (χ1n) is 8.58. The maximum Gasteiger partial charge on any atom is 0.237 e. The SMILES string of the molecule is C=CCNC(=O)[C@@H](C)N1CCN(C(=O)Cc2cccc(OC)c2)CC1. The molecule has 0 unspecified atom stereocenters. The topological polar surface area (TPSA) is 61.9 Å². The van der Waals surface area contributed by atoms with E-state index in [1.54, 1.807) is 13.2 Å². The molecule has 1 aromatic rings. The van der Waals surface area contributed by atoms with Crippen molar-refractivity contribution in [2.75, 3.05) is 39.8 Å². The van der Waals surface area contributed by atoms with Crippen molar-refractivity contribution in [1.29, 1.82) is 0 Å².